The van der Waals surface area contributed by atoms with Crippen molar-refractivity contribution in [2.24, 2.45) is 5.92 Å². The Kier molecular flexibility index (Phi) is 7.16. The summed E-state index contributed by atoms with van der Waals surface area (Å²) in [5.74, 6) is 0.523. The molecule has 0 amide bonds. The van der Waals surface area contributed by atoms with Crippen LogP contribution in [0, 0.1) is 5.92 Å². The molecule has 0 aromatic heterocycles. The number of hydrogen-bond acceptors (Lipinski definition) is 4. The number of piperidine rings is 1. The third kappa shape index (κ3) is 4.95. The van der Waals surface area contributed by atoms with Gasteiger partial charge in [0.2, 0.25) is 0 Å². The SMILES string of the molecule is COC(=O)CC[C@H]1CN(C2CCCCCC2)CC[C@H]1N(C)C. The molecule has 1 saturated carbocycles. The number of hydrogen-bond donors (Lipinski definition) is 0. The highest BCUT2D eigenvalue weighted by atomic mass is 16.5. The molecule has 0 N–H and O–H groups in total. The van der Waals surface area contributed by atoms with Gasteiger partial charge in [-0.25, -0.2) is 0 Å². The highest BCUT2D eigenvalue weighted by Crippen LogP contribution is 2.30. The van der Waals surface area contributed by atoms with Crippen LogP contribution in [-0.2, 0) is 9.53 Å². The maximum Gasteiger partial charge on any atom is 0.305 e. The zero-order valence-corrected chi connectivity index (χ0v) is 14.7. The van der Waals surface area contributed by atoms with Gasteiger partial charge in [0.25, 0.3) is 0 Å². The van der Waals surface area contributed by atoms with Crippen molar-refractivity contribution in [1.29, 1.82) is 0 Å². The molecular weight excluding hydrogens is 276 g/mol. The van der Waals surface area contributed by atoms with Gasteiger partial charge in [0, 0.05) is 25.0 Å². The van der Waals surface area contributed by atoms with Crippen LogP contribution in [-0.4, -0.2) is 62.1 Å². The van der Waals surface area contributed by atoms with E-state index in [4.69, 9.17) is 4.74 Å². The molecule has 2 fully saturated rings. The van der Waals surface area contributed by atoms with Crippen molar-refractivity contribution in [3.05, 3.63) is 0 Å². The van der Waals surface area contributed by atoms with Crippen LogP contribution in [0.1, 0.15) is 57.8 Å². The Morgan fingerprint density at radius 3 is 2.41 bits per heavy atom. The Hall–Kier alpha value is -0.610. The maximum absolute atomic E-state index is 11.5. The number of likely N-dealkylation sites (tertiary alicyclic amines) is 1. The van der Waals surface area contributed by atoms with Crippen molar-refractivity contribution >= 4 is 5.97 Å². The maximum atomic E-state index is 11.5. The largest absolute Gasteiger partial charge is 0.469 e. The van der Waals surface area contributed by atoms with Gasteiger partial charge in [0.15, 0.2) is 0 Å². The second-order valence-electron chi connectivity index (χ2n) is 7.33. The highest BCUT2D eigenvalue weighted by Gasteiger charge is 2.33. The van der Waals surface area contributed by atoms with Crippen LogP contribution < -0.4 is 0 Å². The number of esters is 1. The fourth-order valence-corrected chi connectivity index (χ4v) is 4.37. The van der Waals surface area contributed by atoms with Crippen LogP contribution in [0.15, 0.2) is 0 Å². The van der Waals surface area contributed by atoms with Crippen LogP contribution in [0.3, 0.4) is 0 Å². The monoisotopic (exact) mass is 310 g/mol. The van der Waals surface area contributed by atoms with Gasteiger partial charge in [-0.05, 0) is 52.2 Å². The highest BCUT2D eigenvalue weighted by molar-refractivity contribution is 5.69. The zero-order valence-electron chi connectivity index (χ0n) is 14.7. The Morgan fingerprint density at radius 1 is 1.14 bits per heavy atom. The third-order valence-corrected chi connectivity index (χ3v) is 5.68. The van der Waals surface area contributed by atoms with Crippen molar-refractivity contribution in [3.63, 3.8) is 0 Å². The summed E-state index contributed by atoms with van der Waals surface area (Å²) in [6, 6.07) is 1.39. The number of methoxy groups -OCH3 is 1. The Bertz CT molecular complexity index is 338. The lowest BCUT2D eigenvalue weighted by Crippen LogP contribution is -2.51. The Labute approximate surface area is 136 Å². The summed E-state index contributed by atoms with van der Waals surface area (Å²) >= 11 is 0. The summed E-state index contributed by atoms with van der Waals surface area (Å²) in [6.45, 7) is 2.38. The van der Waals surface area contributed by atoms with Gasteiger partial charge in [0.05, 0.1) is 7.11 Å². The number of rotatable bonds is 5. The van der Waals surface area contributed by atoms with Gasteiger partial charge in [0.1, 0.15) is 0 Å². The first-order chi connectivity index (χ1) is 10.6. The molecule has 0 aromatic rings. The van der Waals surface area contributed by atoms with Gasteiger partial charge in [-0.15, -0.1) is 0 Å². The molecule has 0 radical (unpaired) electrons. The summed E-state index contributed by atoms with van der Waals surface area (Å²) < 4.78 is 4.83. The minimum Gasteiger partial charge on any atom is -0.469 e. The molecule has 0 spiro atoms. The summed E-state index contributed by atoms with van der Waals surface area (Å²) in [5.41, 5.74) is 0. The molecule has 2 aliphatic rings. The molecule has 2 atom stereocenters. The quantitative estimate of drug-likeness (QED) is 0.577. The fraction of sp³-hybridized carbons (Fsp3) is 0.944. The molecule has 128 valence electrons. The molecule has 0 unspecified atom stereocenters. The topological polar surface area (TPSA) is 32.8 Å². The van der Waals surface area contributed by atoms with Crippen molar-refractivity contribution in [1.82, 2.24) is 9.80 Å². The van der Waals surface area contributed by atoms with Crippen LogP contribution >= 0.6 is 0 Å². The van der Waals surface area contributed by atoms with Crippen molar-refractivity contribution in [2.75, 3.05) is 34.3 Å². The lowest BCUT2D eigenvalue weighted by molar-refractivity contribution is -0.141. The average molecular weight is 310 g/mol. The van der Waals surface area contributed by atoms with Crippen LogP contribution in [0.5, 0.6) is 0 Å². The van der Waals surface area contributed by atoms with E-state index in [2.05, 4.69) is 23.9 Å². The van der Waals surface area contributed by atoms with E-state index in [0.29, 0.717) is 18.4 Å². The smallest absolute Gasteiger partial charge is 0.305 e. The van der Waals surface area contributed by atoms with Gasteiger partial charge >= 0.3 is 5.97 Å². The Morgan fingerprint density at radius 2 is 1.82 bits per heavy atom. The van der Waals surface area contributed by atoms with Crippen molar-refractivity contribution in [3.8, 4) is 0 Å². The molecule has 0 bridgehead atoms. The van der Waals surface area contributed by atoms with E-state index >= 15 is 0 Å². The van der Waals surface area contributed by atoms with Crippen LogP contribution in [0.25, 0.3) is 0 Å². The van der Waals surface area contributed by atoms with Crippen molar-refractivity contribution in [2.45, 2.75) is 69.9 Å². The second kappa shape index (κ2) is 8.88. The molecule has 2 rings (SSSR count). The molecule has 1 aliphatic carbocycles. The first kappa shape index (κ1) is 17.7. The van der Waals surface area contributed by atoms with E-state index in [-0.39, 0.29) is 5.97 Å². The van der Waals surface area contributed by atoms with Crippen LogP contribution in [0.2, 0.25) is 0 Å². The fourth-order valence-electron chi connectivity index (χ4n) is 4.37. The average Bonchev–Trinajstić information content (AvgIpc) is 2.81. The van der Waals surface area contributed by atoms with E-state index in [9.17, 15) is 4.79 Å². The van der Waals surface area contributed by atoms with Crippen LogP contribution in [0.4, 0.5) is 0 Å². The van der Waals surface area contributed by atoms with E-state index < -0.39 is 0 Å². The van der Waals surface area contributed by atoms with Gasteiger partial charge in [-0.2, -0.15) is 0 Å². The first-order valence-electron chi connectivity index (χ1n) is 9.09. The molecule has 22 heavy (non-hydrogen) atoms. The standard InChI is InChI=1S/C18H34N2O2/c1-19(2)17-12-13-20(16-8-6-4-5-7-9-16)14-15(17)10-11-18(21)22-3/h15-17H,4-14H2,1-3H3/t15-,17+/m0/s1. The minimum absolute atomic E-state index is 0.0657. The number of carbonyl (C=O) groups excluding carboxylic acids is 1. The summed E-state index contributed by atoms with van der Waals surface area (Å²) in [5, 5.41) is 0. The number of ether oxygens (including phenoxy) is 1. The molecule has 0 aromatic carbocycles. The number of nitrogens with zero attached hydrogens (tertiary/aromatic N) is 2. The predicted octanol–water partition coefficient (Wildman–Crippen LogP) is 2.91. The lowest BCUT2D eigenvalue weighted by atomic mass is 9.86. The van der Waals surface area contributed by atoms with E-state index in [1.807, 2.05) is 0 Å². The zero-order chi connectivity index (χ0) is 15.9. The number of carbonyl (C=O) groups is 1. The van der Waals surface area contributed by atoms with Gasteiger partial charge < -0.3 is 9.64 Å². The molecule has 4 nitrogen and oxygen atoms in total. The summed E-state index contributed by atoms with van der Waals surface area (Å²) in [6.07, 6.45) is 11.1. The van der Waals surface area contributed by atoms with E-state index in [1.165, 1.54) is 58.6 Å². The summed E-state index contributed by atoms with van der Waals surface area (Å²) in [4.78, 5) is 16.6. The van der Waals surface area contributed by atoms with Gasteiger partial charge in [-0.3, -0.25) is 9.69 Å². The van der Waals surface area contributed by atoms with E-state index in [0.717, 1.165) is 19.0 Å². The Balaban J connectivity index is 1.93. The summed E-state index contributed by atoms with van der Waals surface area (Å²) in [7, 11) is 5.85. The minimum atomic E-state index is -0.0657. The molecule has 4 heteroatoms. The first-order valence-corrected chi connectivity index (χ1v) is 9.09. The third-order valence-electron chi connectivity index (χ3n) is 5.68. The second-order valence-corrected chi connectivity index (χ2v) is 7.33. The van der Waals surface area contributed by atoms with Gasteiger partial charge in [-0.1, -0.05) is 25.7 Å². The molecule has 1 aliphatic heterocycles. The molecular formula is C18H34N2O2. The van der Waals surface area contributed by atoms with E-state index in [1.54, 1.807) is 0 Å². The molecule has 1 heterocycles. The predicted molar refractivity (Wildman–Crippen MR) is 89.9 cm³/mol. The normalized spacial score (nSPS) is 28.5. The molecule has 1 saturated heterocycles. The lowest BCUT2D eigenvalue weighted by Gasteiger charge is -2.44. The van der Waals surface area contributed by atoms with Crippen molar-refractivity contribution < 1.29 is 9.53 Å².